The SMILES string of the molecule is O=C(CN1c2ccc(F)cc2-c2ccccc2S1(=O)=O)Nc1cc([N+](=O)[O-])ccc1Cl. The summed E-state index contributed by atoms with van der Waals surface area (Å²) in [7, 11) is -4.12. The van der Waals surface area contributed by atoms with Crippen LogP contribution in [0.5, 0.6) is 0 Å². The fraction of sp³-hybridized carbons (Fsp3) is 0.0500. The molecule has 158 valence electrons. The Morgan fingerprint density at radius 1 is 1.10 bits per heavy atom. The van der Waals surface area contributed by atoms with Crippen LogP contribution < -0.4 is 9.62 Å². The number of nitrogens with one attached hydrogen (secondary N) is 1. The molecule has 0 unspecified atom stereocenters. The number of nitro groups is 1. The van der Waals surface area contributed by atoms with E-state index in [0.29, 0.717) is 11.1 Å². The molecule has 0 atom stereocenters. The molecule has 8 nitrogen and oxygen atoms in total. The fourth-order valence-corrected chi connectivity index (χ4v) is 5.13. The van der Waals surface area contributed by atoms with Crippen LogP contribution in [-0.2, 0) is 14.8 Å². The van der Waals surface area contributed by atoms with Gasteiger partial charge in [0.2, 0.25) is 5.91 Å². The zero-order chi connectivity index (χ0) is 22.3. The summed E-state index contributed by atoms with van der Waals surface area (Å²) in [6, 6.07) is 13.2. The first-order chi connectivity index (χ1) is 14.7. The number of amides is 1. The Hall–Kier alpha value is -3.50. The molecule has 0 fully saturated rings. The van der Waals surface area contributed by atoms with Crippen LogP contribution in [0.15, 0.2) is 65.6 Å². The van der Waals surface area contributed by atoms with Crippen LogP contribution in [0.25, 0.3) is 11.1 Å². The molecule has 0 saturated carbocycles. The van der Waals surface area contributed by atoms with E-state index in [-0.39, 0.29) is 27.0 Å². The van der Waals surface area contributed by atoms with E-state index < -0.39 is 33.2 Å². The van der Waals surface area contributed by atoms with Crippen molar-refractivity contribution in [3.8, 4) is 11.1 Å². The number of nitrogens with zero attached hydrogens (tertiary/aromatic N) is 2. The first-order valence-corrected chi connectivity index (χ1v) is 10.7. The van der Waals surface area contributed by atoms with Crippen molar-refractivity contribution in [3.05, 3.63) is 81.6 Å². The van der Waals surface area contributed by atoms with Crippen LogP contribution in [0.3, 0.4) is 0 Å². The van der Waals surface area contributed by atoms with Crippen molar-refractivity contribution in [2.75, 3.05) is 16.2 Å². The number of benzene rings is 3. The summed E-state index contributed by atoms with van der Waals surface area (Å²) in [5, 5.41) is 13.4. The van der Waals surface area contributed by atoms with Gasteiger partial charge >= 0.3 is 0 Å². The van der Waals surface area contributed by atoms with Gasteiger partial charge in [0.25, 0.3) is 15.7 Å². The quantitative estimate of drug-likeness (QED) is 0.462. The van der Waals surface area contributed by atoms with Crippen LogP contribution in [-0.4, -0.2) is 25.8 Å². The van der Waals surface area contributed by atoms with Crippen molar-refractivity contribution in [2.24, 2.45) is 0 Å². The van der Waals surface area contributed by atoms with Crippen molar-refractivity contribution in [1.29, 1.82) is 0 Å². The maximum absolute atomic E-state index is 13.9. The predicted octanol–water partition coefficient (Wildman–Crippen LogP) is 4.20. The molecule has 1 heterocycles. The maximum atomic E-state index is 13.9. The molecule has 0 spiro atoms. The summed E-state index contributed by atoms with van der Waals surface area (Å²) in [5.74, 6) is -1.33. The number of non-ortho nitro benzene ring substituents is 1. The van der Waals surface area contributed by atoms with E-state index in [9.17, 15) is 27.7 Å². The van der Waals surface area contributed by atoms with Crippen LogP contribution in [0.4, 0.5) is 21.5 Å². The van der Waals surface area contributed by atoms with Crippen molar-refractivity contribution in [2.45, 2.75) is 4.90 Å². The lowest BCUT2D eigenvalue weighted by Crippen LogP contribution is -2.40. The summed E-state index contributed by atoms with van der Waals surface area (Å²) < 4.78 is 41.1. The Bertz CT molecular complexity index is 1350. The molecular formula is C20H13ClFN3O5S. The molecule has 0 radical (unpaired) electrons. The summed E-state index contributed by atoms with van der Waals surface area (Å²) in [6.07, 6.45) is 0. The van der Waals surface area contributed by atoms with Gasteiger partial charge in [0, 0.05) is 23.3 Å². The summed E-state index contributed by atoms with van der Waals surface area (Å²) in [5.41, 5.74) is 0.470. The number of halogens is 2. The highest BCUT2D eigenvalue weighted by molar-refractivity contribution is 7.93. The normalized spacial score (nSPS) is 13.8. The molecule has 0 bridgehead atoms. The Labute approximate surface area is 181 Å². The van der Waals surface area contributed by atoms with E-state index in [1.54, 1.807) is 12.1 Å². The number of fused-ring (bicyclic) bond motifs is 3. The standard InChI is InChI=1S/C20H13ClFN3O5S/c21-16-7-6-13(25(27)28)10-17(16)23-20(26)11-24-18-8-5-12(22)9-15(18)14-3-1-2-4-19(14)31(24,29)30/h1-10H,11H2,(H,23,26). The largest absolute Gasteiger partial charge is 0.323 e. The van der Waals surface area contributed by atoms with Crippen molar-refractivity contribution in [3.63, 3.8) is 0 Å². The Morgan fingerprint density at radius 3 is 2.58 bits per heavy atom. The third-order valence-electron chi connectivity index (χ3n) is 4.69. The minimum atomic E-state index is -4.12. The number of hydrogen-bond acceptors (Lipinski definition) is 5. The van der Waals surface area contributed by atoms with E-state index in [0.717, 1.165) is 16.4 Å². The van der Waals surface area contributed by atoms with E-state index in [4.69, 9.17) is 11.6 Å². The highest BCUT2D eigenvalue weighted by Gasteiger charge is 2.36. The van der Waals surface area contributed by atoms with Gasteiger partial charge < -0.3 is 5.32 Å². The van der Waals surface area contributed by atoms with Crippen molar-refractivity contribution < 1.29 is 22.5 Å². The molecule has 3 aromatic rings. The summed E-state index contributed by atoms with van der Waals surface area (Å²) in [6.45, 7) is -0.645. The summed E-state index contributed by atoms with van der Waals surface area (Å²) in [4.78, 5) is 22.9. The first-order valence-electron chi connectivity index (χ1n) is 8.84. The molecule has 0 aliphatic carbocycles. The number of carbonyl (C=O) groups excluding carboxylic acids is 1. The monoisotopic (exact) mass is 461 g/mol. The second-order valence-corrected chi connectivity index (χ2v) is 8.88. The number of nitro benzene ring substituents is 1. The lowest BCUT2D eigenvalue weighted by atomic mass is 10.0. The molecule has 11 heteroatoms. The summed E-state index contributed by atoms with van der Waals surface area (Å²) >= 11 is 6.00. The highest BCUT2D eigenvalue weighted by atomic mass is 35.5. The van der Waals surface area contributed by atoms with E-state index in [1.807, 2.05) is 0 Å². The van der Waals surface area contributed by atoms with Gasteiger partial charge in [-0.3, -0.25) is 19.2 Å². The minimum Gasteiger partial charge on any atom is -0.323 e. The molecule has 1 amide bonds. The zero-order valence-electron chi connectivity index (χ0n) is 15.6. The molecule has 1 N–H and O–H groups in total. The minimum absolute atomic E-state index is 0.0324. The van der Waals surface area contributed by atoms with E-state index in [1.165, 1.54) is 36.4 Å². The Balaban J connectivity index is 1.71. The topological polar surface area (TPSA) is 110 Å². The van der Waals surface area contributed by atoms with Gasteiger partial charge in [-0.15, -0.1) is 0 Å². The van der Waals surface area contributed by atoms with Crippen molar-refractivity contribution in [1.82, 2.24) is 0 Å². The molecule has 0 aromatic heterocycles. The van der Waals surface area contributed by atoms with Crippen LogP contribution in [0.2, 0.25) is 5.02 Å². The number of carbonyl (C=O) groups is 1. The van der Waals surface area contributed by atoms with Crippen LogP contribution in [0.1, 0.15) is 0 Å². The van der Waals surface area contributed by atoms with Gasteiger partial charge in [-0.2, -0.15) is 0 Å². The first kappa shape index (κ1) is 20.8. The van der Waals surface area contributed by atoms with Crippen LogP contribution >= 0.6 is 11.6 Å². The van der Waals surface area contributed by atoms with Crippen molar-refractivity contribution >= 4 is 44.6 Å². The molecule has 4 rings (SSSR count). The van der Waals surface area contributed by atoms with E-state index in [2.05, 4.69) is 5.32 Å². The average molecular weight is 462 g/mol. The number of rotatable bonds is 4. The Morgan fingerprint density at radius 2 is 1.84 bits per heavy atom. The highest BCUT2D eigenvalue weighted by Crippen LogP contribution is 2.43. The zero-order valence-corrected chi connectivity index (χ0v) is 17.2. The smallest absolute Gasteiger partial charge is 0.271 e. The predicted molar refractivity (Wildman–Crippen MR) is 113 cm³/mol. The van der Waals surface area contributed by atoms with Gasteiger partial charge in [-0.05, 0) is 30.3 Å². The van der Waals surface area contributed by atoms with Gasteiger partial charge in [0.05, 0.1) is 26.2 Å². The van der Waals surface area contributed by atoms with Gasteiger partial charge in [0.15, 0.2) is 0 Å². The average Bonchev–Trinajstić information content (AvgIpc) is 2.73. The fourth-order valence-electron chi connectivity index (χ4n) is 3.32. The molecule has 1 aliphatic heterocycles. The van der Waals surface area contributed by atoms with Gasteiger partial charge in [-0.1, -0.05) is 29.8 Å². The number of anilines is 2. The molecule has 0 saturated heterocycles. The molecule has 3 aromatic carbocycles. The third kappa shape index (κ3) is 3.71. The lowest BCUT2D eigenvalue weighted by molar-refractivity contribution is -0.384. The molecule has 31 heavy (non-hydrogen) atoms. The lowest BCUT2D eigenvalue weighted by Gasteiger charge is -2.31. The Kier molecular flexibility index (Phi) is 5.11. The van der Waals surface area contributed by atoms with Gasteiger partial charge in [-0.25, -0.2) is 12.8 Å². The van der Waals surface area contributed by atoms with Crippen LogP contribution in [0, 0.1) is 15.9 Å². The third-order valence-corrected chi connectivity index (χ3v) is 6.84. The second kappa shape index (κ2) is 7.64. The maximum Gasteiger partial charge on any atom is 0.271 e. The number of sulfonamides is 1. The molecular weight excluding hydrogens is 449 g/mol. The second-order valence-electron chi connectivity index (χ2n) is 6.64. The number of hydrogen-bond donors (Lipinski definition) is 1. The van der Waals surface area contributed by atoms with Gasteiger partial charge in [0.1, 0.15) is 12.4 Å². The van der Waals surface area contributed by atoms with E-state index >= 15 is 0 Å². The molecule has 1 aliphatic rings.